The van der Waals surface area contributed by atoms with Gasteiger partial charge in [-0.25, -0.2) is 0 Å². The summed E-state index contributed by atoms with van der Waals surface area (Å²) in [6.45, 7) is 3.28. The Bertz CT molecular complexity index is 957. The number of fused-ring (bicyclic) bond motifs is 4. The number of piperidine rings is 3. The summed E-state index contributed by atoms with van der Waals surface area (Å²) >= 11 is 0. The van der Waals surface area contributed by atoms with Crippen molar-refractivity contribution in [1.82, 2.24) is 15.2 Å². The molecule has 3 saturated heterocycles. The highest BCUT2D eigenvalue weighted by Crippen LogP contribution is 2.28. The minimum Gasteiger partial charge on any atom is -0.451 e. The van der Waals surface area contributed by atoms with Crippen LogP contribution >= 0.6 is 0 Å². The van der Waals surface area contributed by atoms with E-state index in [1.165, 1.54) is 12.8 Å². The van der Waals surface area contributed by atoms with Gasteiger partial charge in [0.15, 0.2) is 5.76 Å². The summed E-state index contributed by atoms with van der Waals surface area (Å²) in [5.41, 5.74) is 1.83. The Morgan fingerprint density at radius 1 is 1.15 bits per heavy atom. The maximum atomic E-state index is 12.6. The fourth-order valence-corrected chi connectivity index (χ4v) is 4.19. The number of hydrogen-bond acceptors (Lipinski definition) is 4. The molecule has 0 saturated carbocycles. The van der Waals surface area contributed by atoms with E-state index in [2.05, 4.69) is 15.2 Å². The van der Waals surface area contributed by atoms with Gasteiger partial charge in [0.05, 0.1) is 5.52 Å². The van der Waals surface area contributed by atoms with Crippen LogP contribution in [0, 0.1) is 5.92 Å². The first-order valence-corrected chi connectivity index (χ1v) is 9.24. The van der Waals surface area contributed by atoms with E-state index in [-0.39, 0.29) is 11.9 Å². The first kappa shape index (κ1) is 15.6. The van der Waals surface area contributed by atoms with Gasteiger partial charge >= 0.3 is 0 Å². The van der Waals surface area contributed by atoms with Crippen LogP contribution in [-0.2, 0) is 0 Å². The van der Waals surface area contributed by atoms with Gasteiger partial charge in [-0.2, -0.15) is 0 Å². The number of pyridine rings is 1. The summed E-state index contributed by atoms with van der Waals surface area (Å²) in [7, 11) is 0. The molecule has 2 aromatic heterocycles. The quantitative estimate of drug-likeness (QED) is 0.790. The number of hydrogen-bond donors (Lipinski definition) is 1. The fourth-order valence-electron chi connectivity index (χ4n) is 4.19. The topological polar surface area (TPSA) is 58.4 Å². The zero-order chi connectivity index (χ0) is 17.5. The average Bonchev–Trinajstić information content (AvgIpc) is 3.19. The number of carbonyl (C=O) groups is 1. The third-order valence-corrected chi connectivity index (χ3v) is 5.68. The van der Waals surface area contributed by atoms with Crippen LogP contribution in [0.3, 0.4) is 0 Å². The molecule has 2 bridgehead atoms. The molecule has 0 aliphatic carbocycles. The van der Waals surface area contributed by atoms with Crippen molar-refractivity contribution in [1.29, 1.82) is 0 Å². The van der Waals surface area contributed by atoms with Gasteiger partial charge in [0.25, 0.3) is 5.91 Å². The highest BCUT2D eigenvalue weighted by Gasteiger charge is 2.35. The molecule has 6 rings (SSSR count). The van der Waals surface area contributed by atoms with Crippen LogP contribution in [-0.4, -0.2) is 41.5 Å². The predicted octanol–water partition coefficient (Wildman–Crippen LogP) is 3.32. The highest BCUT2D eigenvalue weighted by molar-refractivity contribution is 5.92. The van der Waals surface area contributed by atoms with Gasteiger partial charge in [0, 0.05) is 29.7 Å². The third-order valence-electron chi connectivity index (χ3n) is 5.68. The van der Waals surface area contributed by atoms with Crippen LogP contribution in [0.15, 0.2) is 53.1 Å². The molecule has 3 aromatic rings. The van der Waals surface area contributed by atoms with Crippen LogP contribution in [0.1, 0.15) is 23.4 Å². The summed E-state index contributed by atoms with van der Waals surface area (Å²) in [6.07, 6.45) is 4.14. The minimum absolute atomic E-state index is 0.122. The van der Waals surface area contributed by atoms with E-state index < -0.39 is 0 Å². The van der Waals surface area contributed by atoms with Crippen molar-refractivity contribution in [3.05, 3.63) is 54.4 Å². The first-order chi connectivity index (χ1) is 12.8. The van der Waals surface area contributed by atoms with E-state index in [9.17, 15) is 4.79 Å². The number of nitrogens with zero attached hydrogens (tertiary/aromatic N) is 2. The molecule has 0 spiro atoms. The van der Waals surface area contributed by atoms with Crippen molar-refractivity contribution in [2.75, 3.05) is 19.6 Å². The van der Waals surface area contributed by atoms with Crippen molar-refractivity contribution >= 4 is 16.8 Å². The van der Waals surface area contributed by atoms with E-state index in [4.69, 9.17) is 4.42 Å². The van der Waals surface area contributed by atoms with E-state index in [1.54, 1.807) is 12.3 Å². The van der Waals surface area contributed by atoms with E-state index in [0.717, 1.165) is 36.1 Å². The molecular formula is C21H21N3O2. The molecule has 1 atom stereocenters. The molecule has 3 aliphatic rings. The lowest BCUT2D eigenvalue weighted by Crippen LogP contribution is -2.57. The molecule has 1 amide bonds. The van der Waals surface area contributed by atoms with E-state index in [1.807, 2.05) is 36.4 Å². The van der Waals surface area contributed by atoms with Gasteiger partial charge in [-0.15, -0.1) is 0 Å². The van der Waals surface area contributed by atoms with Crippen LogP contribution in [0.5, 0.6) is 0 Å². The Morgan fingerprint density at radius 2 is 2.00 bits per heavy atom. The molecule has 3 aliphatic heterocycles. The lowest BCUT2D eigenvalue weighted by Gasteiger charge is -2.44. The van der Waals surface area contributed by atoms with Crippen molar-refractivity contribution in [3.63, 3.8) is 0 Å². The zero-order valence-electron chi connectivity index (χ0n) is 14.5. The van der Waals surface area contributed by atoms with Crippen molar-refractivity contribution < 1.29 is 9.21 Å². The normalized spacial score (nSPS) is 24.7. The zero-order valence-corrected chi connectivity index (χ0v) is 14.5. The summed E-state index contributed by atoms with van der Waals surface area (Å²) in [6, 6.07) is 13.8. The van der Waals surface area contributed by atoms with Gasteiger partial charge in [-0.3, -0.25) is 9.78 Å². The Morgan fingerprint density at radius 3 is 2.81 bits per heavy atom. The second kappa shape index (κ2) is 6.25. The van der Waals surface area contributed by atoms with Gasteiger partial charge in [-0.05, 0) is 56.1 Å². The summed E-state index contributed by atoms with van der Waals surface area (Å²) in [4.78, 5) is 19.5. The molecule has 132 valence electrons. The maximum absolute atomic E-state index is 12.6. The molecule has 5 heterocycles. The number of furan rings is 1. The maximum Gasteiger partial charge on any atom is 0.287 e. The Kier molecular flexibility index (Phi) is 3.75. The summed E-state index contributed by atoms with van der Waals surface area (Å²) in [5, 5.41) is 4.23. The monoisotopic (exact) mass is 347 g/mol. The number of carbonyl (C=O) groups excluding carboxylic acids is 1. The van der Waals surface area contributed by atoms with Gasteiger partial charge in [0.1, 0.15) is 5.76 Å². The van der Waals surface area contributed by atoms with Crippen molar-refractivity contribution in [2.45, 2.75) is 18.9 Å². The Labute approximate surface area is 152 Å². The molecule has 1 N–H and O–H groups in total. The van der Waals surface area contributed by atoms with Crippen molar-refractivity contribution in [2.24, 2.45) is 5.92 Å². The molecule has 0 radical (unpaired) electrons. The number of nitrogens with one attached hydrogen (secondary N) is 1. The van der Waals surface area contributed by atoms with E-state index >= 15 is 0 Å². The largest absolute Gasteiger partial charge is 0.451 e. The highest BCUT2D eigenvalue weighted by atomic mass is 16.3. The number of benzene rings is 1. The number of para-hydroxylation sites is 1. The third kappa shape index (κ3) is 2.78. The molecule has 1 aromatic carbocycles. The van der Waals surface area contributed by atoms with Crippen molar-refractivity contribution in [3.8, 4) is 11.3 Å². The molecular weight excluding hydrogens is 326 g/mol. The number of rotatable bonds is 3. The molecule has 1 unspecified atom stereocenters. The second-order valence-corrected chi connectivity index (χ2v) is 7.30. The second-order valence-electron chi connectivity index (χ2n) is 7.30. The molecule has 26 heavy (non-hydrogen) atoms. The molecule has 5 heteroatoms. The van der Waals surface area contributed by atoms with Gasteiger partial charge < -0.3 is 14.6 Å². The standard InChI is InChI=1S/C21H21N3O2/c25-21(23-18-13-24-9-7-14(18)8-10-24)20-6-5-19(26-20)16-11-15-3-1-2-4-17(15)22-12-16/h1-6,11-12,14,18H,7-10,13H2,(H,23,25). The van der Waals surface area contributed by atoms with E-state index in [0.29, 0.717) is 17.4 Å². The lowest BCUT2D eigenvalue weighted by molar-refractivity contribution is 0.0606. The Balaban J connectivity index is 1.34. The Hall–Kier alpha value is -2.66. The molecule has 3 fully saturated rings. The fraction of sp³-hybridized carbons (Fsp3) is 0.333. The first-order valence-electron chi connectivity index (χ1n) is 9.24. The summed E-state index contributed by atoms with van der Waals surface area (Å²) < 4.78 is 5.84. The van der Waals surface area contributed by atoms with Crippen LogP contribution in [0.2, 0.25) is 0 Å². The summed E-state index contributed by atoms with van der Waals surface area (Å²) in [5.74, 6) is 1.51. The van der Waals surface area contributed by atoms with Gasteiger partial charge in [0.2, 0.25) is 0 Å². The minimum atomic E-state index is -0.122. The lowest BCUT2D eigenvalue weighted by atomic mass is 9.84. The van der Waals surface area contributed by atoms with Crippen LogP contribution in [0.25, 0.3) is 22.2 Å². The van der Waals surface area contributed by atoms with Crippen LogP contribution in [0.4, 0.5) is 0 Å². The average molecular weight is 347 g/mol. The predicted molar refractivity (Wildman–Crippen MR) is 99.9 cm³/mol. The number of aromatic nitrogens is 1. The van der Waals surface area contributed by atoms with Gasteiger partial charge in [-0.1, -0.05) is 18.2 Å². The number of amides is 1. The molecule has 5 nitrogen and oxygen atoms in total. The SMILES string of the molecule is O=C(NC1CN2CCC1CC2)c1ccc(-c2cnc3ccccc3c2)o1. The smallest absolute Gasteiger partial charge is 0.287 e. The van der Waals surface area contributed by atoms with Crippen LogP contribution < -0.4 is 5.32 Å².